The Balaban J connectivity index is 1.49. The molecule has 0 amide bonds. The van der Waals surface area contributed by atoms with E-state index in [0.717, 1.165) is 43.4 Å². The van der Waals surface area contributed by atoms with Gasteiger partial charge in [0, 0.05) is 43.6 Å². The quantitative estimate of drug-likeness (QED) is 0.704. The molecule has 1 saturated heterocycles. The lowest BCUT2D eigenvalue weighted by molar-refractivity contribution is 0.594. The van der Waals surface area contributed by atoms with Gasteiger partial charge in [-0.05, 0) is 44.5 Å². The van der Waals surface area contributed by atoms with Crippen molar-refractivity contribution in [1.29, 1.82) is 0 Å². The summed E-state index contributed by atoms with van der Waals surface area (Å²) in [6, 6.07) is 15.2. The molecule has 1 N–H and O–H groups in total. The number of rotatable bonds is 4. The number of piperazine rings is 1. The first-order chi connectivity index (χ1) is 14.0. The van der Waals surface area contributed by atoms with Gasteiger partial charge < -0.3 is 15.1 Å². The van der Waals surface area contributed by atoms with Crippen LogP contribution < -0.4 is 15.1 Å². The number of aryl methyl sites for hydroxylation is 3. The van der Waals surface area contributed by atoms with E-state index in [1.165, 1.54) is 17.2 Å². The summed E-state index contributed by atoms with van der Waals surface area (Å²) in [6.07, 6.45) is 0. The van der Waals surface area contributed by atoms with Crippen molar-refractivity contribution < 1.29 is 4.39 Å². The summed E-state index contributed by atoms with van der Waals surface area (Å²) in [5, 5.41) is 3.42. The molecule has 0 bridgehead atoms. The van der Waals surface area contributed by atoms with Crippen LogP contribution in [0.25, 0.3) is 0 Å². The van der Waals surface area contributed by atoms with Crippen LogP contribution in [0.2, 0.25) is 0 Å². The van der Waals surface area contributed by atoms with Gasteiger partial charge in [-0.3, -0.25) is 0 Å². The highest BCUT2D eigenvalue weighted by Crippen LogP contribution is 2.24. The zero-order valence-corrected chi connectivity index (χ0v) is 17.1. The Morgan fingerprint density at radius 1 is 0.862 bits per heavy atom. The van der Waals surface area contributed by atoms with Gasteiger partial charge in [-0.15, -0.1) is 0 Å². The van der Waals surface area contributed by atoms with Gasteiger partial charge in [0.1, 0.15) is 11.6 Å². The molecule has 1 fully saturated rings. The van der Waals surface area contributed by atoms with Crippen LogP contribution >= 0.6 is 0 Å². The molecule has 0 radical (unpaired) electrons. The van der Waals surface area contributed by atoms with Crippen molar-refractivity contribution in [2.45, 2.75) is 20.8 Å². The highest BCUT2D eigenvalue weighted by molar-refractivity contribution is 5.62. The molecule has 0 saturated carbocycles. The zero-order chi connectivity index (χ0) is 20.4. The van der Waals surface area contributed by atoms with Crippen molar-refractivity contribution in [2.75, 3.05) is 41.3 Å². The SMILES string of the molecule is Cc1ccc(Nc2cc(C)nc(N3CCN(c4ccccc4F)CC3)n2)c(C)c1. The monoisotopic (exact) mass is 391 g/mol. The minimum atomic E-state index is -0.173. The zero-order valence-electron chi connectivity index (χ0n) is 17.1. The number of benzene rings is 2. The van der Waals surface area contributed by atoms with Crippen LogP contribution in [-0.2, 0) is 0 Å². The van der Waals surface area contributed by atoms with E-state index < -0.39 is 0 Å². The maximum Gasteiger partial charge on any atom is 0.227 e. The van der Waals surface area contributed by atoms with Gasteiger partial charge in [-0.25, -0.2) is 9.37 Å². The molecule has 0 atom stereocenters. The van der Waals surface area contributed by atoms with E-state index in [-0.39, 0.29) is 5.82 Å². The Bertz CT molecular complexity index is 1010. The molecule has 2 heterocycles. The number of halogens is 1. The van der Waals surface area contributed by atoms with Crippen molar-refractivity contribution in [3.8, 4) is 0 Å². The normalized spacial score (nSPS) is 14.2. The first-order valence-corrected chi connectivity index (χ1v) is 9.94. The summed E-state index contributed by atoms with van der Waals surface area (Å²) >= 11 is 0. The molecule has 3 aromatic rings. The fourth-order valence-electron chi connectivity index (χ4n) is 3.71. The molecule has 0 unspecified atom stereocenters. The van der Waals surface area contributed by atoms with Gasteiger partial charge in [0.25, 0.3) is 0 Å². The lowest BCUT2D eigenvalue weighted by atomic mass is 10.1. The number of anilines is 4. The second-order valence-electron chi connectivity index (χ2n) is 7.56. The van der Waals surface area contributed by atoms with Gasteiger partial charge in [-0.1, -0.05) is 29.8 Å². The molecule has 6 heteroatoms. The Morgan fingerprint density at radius 2 is 1.59 bits per heavy atom. The van der Waals surface area contributed by atoms with Crippen LogP contribution in [0.4, 0.5) is 27.5 Å². The first kappa shape index (κ1) is 19.2. The van der Waals surface area contributed by atoms with Gasteiger partial charge in [0.2, 0.25) is 5.95 Å². The molecule has 4 rings (SSSR count). The Morgan fingerprint density at radius 3 is 2.31 bits per heavy atom. The fourth-order valence-corrected chi connectivity index (χ4v) is 3.71. The molecule has 1 aliphatic heterocycles. The first-order valence-electron chi connectivity index (χ1n) is 9.94. The average Bonchev–Trinajstić information content (AvgIpc) is 2.70. The number of nitrogens with zero attached hydrogens (tertiary/aromatic N) is 4. The fraction of sp³-hybridized carbons (Fsp3) is 0.304. The van der Waals surface area contributed by atoms with E-state index in [1.807, 2.05) is 25.1 Å². The van der Waals surface area contributed by atoms with Crippen LogP contribution in [0.15, 0.2) is 48.5 Å². The van der Waals surface area contributed by atoms with Crippen LogP contribution in [0.1, 0.15) is 16.8 Å². The Hall–Kier alpha value is -3.15. The maximum atomic E-state index is 14.1. The number of hydrogen-bond acceptors (Lipinski definition) is 5. The smallest absolute Gasteiger partial charge is 0.227 e. The molecule has 1 aromatic heterocycles. The lowest BCUT2D eigenvalue weighted by Crippen LogP contribution is -2.47. The van der Waals surface area contributed by atoms with E-state index in [9.17, 15) is 4.39 Å². The largest absolute Gasteiger partial charge is 0.366 e. The van der Waals surface area contributed by atoms with Crippen LogP contribution in [0.3, 0.4) is 0 Å². The van der Waals surface area contributed by atoms with E-state index in [1.54, 1.807) is 6.07 Å². The minimum absolute atomic E-state index is 0.173. The number of nitrogens with one attached hydrogen (secondary N) is 1. The summed E-state index contributed by atoms with van der Waals surface area (Å²) < 4.78 is 14.1. The molecule has 2 aromatic carbocycles. The predicted molar refractivity (Wildman–Crippen MR) is 117 cm³/mol. The highest BCUT2D eigenvalue weighted by atomic mass is 19.1. The van der Waals surface area contributed by atoms with E-state index in [4.69, 9.17) is 4.98 Å². The second kappa shape index (κ2) is 8.07. The lowest BCUT2D eigenvalue weighted by Gasteiger charge is -2.36. The molecule has 1 aliphatic rings. The Labute approximate surface area is 171 Å². The van der Waals surface area contributed by atoms with Gasteiger partial charge in [0.05, 0.1) is 5.69 Å². The number of para-hydroxylation sites is 1. The van der Waals surface area contributed by atoms with Gasteiger partial charge >= 0.3 is 0 Å². The topological polar surface area (TPSA) is 44.3 Å². The van der Waals surface area contributed by atoms with Gasteiger partial charge in [-0.2, -0.15) is 4.98 Å². The Kier molecular flexibility index (Phi) is 5.34. The highest BCUT2D eigenvalue weighted by Gasteiger charge is 2.21. The summed E-state index contributed by atoms with van der Waals surface area (Å²) in [7, 11) is 0. The third kappa shape index (κ3) is 4.31. The molecule has 0 spiro atoms. The average molecular weight is 391 g/mol. The van der Waals surface area contributed by atoms with Crippen LogP contribution in [-0.4, -0.2) is 36.1 Å². The van der Waals surface area contributed by atoms with Crippen molar-refractivity contribution in [3.63, 3.8) is 0 Å². The van der Waals surface area contributed by atoms with Crippen LogP contribution in [0.5, 0.6) is 0 Å². The summed E-state index contributed by atoms with van der Waals surface area (Å²) in [5.41, 5.74) is 5.04. The third-order valence-electron chi connectivity index (χ3n) is 5.24. The summed E-state index contributed by atoms with van der Waals surface area (Å²) in [4.78, 5) is 13.6. The number of aromatic nitrogens is 2. The maximum absolute atomic E-state index is 14.1. The molecular weight excluding hydrogens is 365 g/mol. The molecule has 150 valence electrons. The van der Waals surface area contributed by atoms with E-state index >= 15 is 0 Å². The van der Waals surface area contributed by atoms with Crippen molar-refractivity contribution in [2.24, 2.45) is 0 Å². The predicted octanol–water partition coefficient (Wildman–Crippen LogP) is 4.61. The van der Waals surface area contributed by atoms with Crippen molar-refractivity contribution >= 4 is 23.1 Å². The molecule has 29 heavy (non-hydrogen) atoms. The molecule has 5 nitrogen and oxygen atoms in total. The summed E-state index contributed by atoms with van der Waals surface area (Å²) in [6.45, 7) is 9.13. The van der Waals surface area contributed by atoms with Crippen molar-refractivity contribution in [1.82, 2.24) is 9.97 Å². The number of hydrogen-bond donors (Lipinski definition) is 1. The summed E-state index contributed by atoms with van der Waals surface area (Å²) in [5.74, 6) is 1.33. The standard InChI is InChI=1S/C23H26FN5/c1-16-8-9-20(17(2)14-16)26-22-15-18(3)25-23(27-22)29-12-10-28(11-13-29)21-7-5-4-6-19(21)24/h4-9,14-15H,10-13H2,1-3H3,(H,25,26,27). The second-order valence-corrected chi connectivity index (χ2v) is 7.56. The molecule has 0 aliphatic carbocycles. The molecular formula is C23H26FN5. The van der Waals surface area contributed by atoms with Gasteiger partial charge in [0.15, 0.2) is 0 Å². The third-order valence-corrected chi connectivity index (χ3v) is 5.24. The minimum Gasteiger partial charge on any atom is -0.366 e. The van der Waals surface area contributed by atoms with Crippen LogP contribution in [0, 0.1) is 26.6 Å². The van der Waals surface area contributed by atoms with E-state index in [2.05, 4.69) is 52.1 Å². The van der Waals surface area contributed by atoms with E-state index in [0.29, 0.717) is 11.6 Å². The van der Waals surface area contributed by atoms with Crippen molar-refractivity contribution in [3.05, 3.63) is 71.2 Å².